The summed E-state index contributed by atoms with van der Waals surface area (Å²) in [6.45, 7) is 0. The Bertz CT molecular complexity index is 1580. The van der Waals surface area contributed by atoms with Crippen LogP contribution in [0.15, 0.2) is 86.9 Å². The fraction of sp³-hybridized carbons (Fsp3) is 0.0455. The van der Waals surface area contributed by atoms with Gasteiger partial charge in [-0.15, -0.1) is 0 Å². The first-order valence-electron chi connectivity index (χ1n) is 9.72. The van der Waals surface area contributed by atoms with Crippen LogP contribution in [0.3, 0.4) is 0 Å². The zero-order valence-corrected chi connectivity index (χ0v) is 18.2. The molecule has 0 radical (unpaired) electrons. The van der Waals surface area contributed by atoms with Crippen LogP contribution in [0.2, 0.25) is 0 Å². The molecule has 0 atom stereocenters. The molecule has 9 nitrogen and oxygen atoms in total. The summed E-state index contributed by atoms with van der Waals surface area (Å²) in [6, 6.07) is 13.6. The van der Waals surface area contributed by atoms with Crippen molar-refractivity contribution in [3.8, 4) is 0 Å². The fourth-order valence-electron chi connectivity index (χ4n) is 3.18. The van der Waals surface area contributed by atoms with E-state index in [2.05, 4.69) is 10.0 Å². The average Bonchev–Trinajstić information content (AvgIpc) is 2.79. The van der Waals surface area contributed by atoms with Gasteiger partial charge in [-0.25, -0.2) is 13.2 Å². The quantitative estimate of drug-likeness (QED) is 0.207. The second kappa shape index (κ2) is 8.76. The Hall–Kier alpha value is -4.39. The number of nitro benzene ring substituents is 1. The van der Waals surface area contributed by atoms with Gasteiger partial charge < -0.3 is 9.73 Å². The van der Waals surface area contributed by atoms with E-state index in [1.807, 2.05) is 0 Å². The van der Waals surface area contributed by atoms with Crippen LogP contribution >= 0.6 is 0 Å². The highest BCUT2D eigenvalue weighted by Crippen LogP contribution is 2.31. The molecule has 0 aliphatic carbocycles. The predicted molar refractivity (Wildman–Crippen MR) is 121 cm³/mol. The lowest BCUT2D eigenvalue weighted by atomic mass is 10.1. The number of hydrogen-bond donors (Lipinski definition) is 2. The molecule has 1 heterocycles. The maximum atomic E-state index is 12.7. The van der Waals surface area contributed by atoms with Crippen molar-refractivity contribution in [2.45, 2.75) is 11.1 Å². The van der Waals surface area contributed by atoms with Gasteiger partial charge in [0.05, 0.1) is 21.1 Å². The number of hydrogen-bond acceptors (Lipinski definition) is 7. The molecule has 2 N–H and O–H groups in total. The van der Waals surface area contributed by atoms with Gasteiger partial charge in [-0.05, 0) is 54.6 Å². The molecular formula is C22H14F3N3O6S. The Kier molecular flexibility index (Phi) is 5.94. The normalized spacial score (nSPS) is 11.9. The molecule has 0 aliphatic rings. The SMILES string of the molecule is O=c1cc(Nc2ccc(NS(=O)(=O)c3ccc(C(F)(F)F)cc3)cc2)c2cc([N+](=O)[O-])ccc2o1. The second-order valence-electron chi connectivity index (χ2n) is 7.25. The minimum atomic E-state index is -4.59. The third-order valence-electron chi connectivity index (χ3n) is 4.84. The van der Waals surface area contributed by atoms with E-state index in [1.54, 1.807) is 0 Å². The highest BCUT2D eigenvalue weighted by Gasteiger charge is 2.30. The van der Waals surface area contributed by atoms with Crippen molar-refractivity contribution < 1.29 is 30.9 Å². The van der Waals surface area contributed by atoms with Crippen molar-refractivity contribution in [3.63, 3.8) is 0 Å². The second-order valence-corrected chi connectivity index (χ2v) is 8.93. The molecule has 13 heteroatoms. The van der Waals surface area contributed by atoms with Crippen LogP contribution < -0.4 is 15.7 Å². The molecule has 0 unspecified atom stereocenters. The summed E-state index contributed by atoms with van der Waals surface area (Å²) in [5.41, 5.74) is -0.953. The number of rotatable bonds is 6. The minimum absolute atomic E-state index is 0.128. The number of nitrogens with zero attached hydrogens (tertiary/aromatic N) is 1. The van der Waals surface area contributed by atoms with E-state index in [4.69, 9.17) is 4.42 Å². The molecule has 35 heavy (non-hydrogen) atoms. The Morgan fingerprint density at radius 2 is 1.51 bits per heavy atom. The third-order valence-corrected chi connectivity index (χ3v) is 6.24. The number of nitrogens with one attached hydrogen (secondary N) is 2. The molecule has 4 rings (SSSR count). The number of nitro groups is 1. The summed E-state index contributed by atoms with van der Waals surface area (Å²) in [7, 11) is -4.15. The average molecular weight is 505 g/mol. The number of anilines is 3. The van der Waals surface area contributed by atoms with Crippen molar-refractivity contribution in [1.29, 1.82) is 0 Å². The molecule has 0 bridgehead atoms. The predicted octanol–water partition coefficient (Wildman–Crippen LogP) is 5.26. The molecule has 3 aromatic carbocycles. The van der Waals surface area contributed by atoms with Gasteiger partial charge in [0.1, 0.15) is 5.58 Å². The number of benzene rings is 3. The van der Waals surface area contributed by atoms with Crippen LogP contribution in [0.25, 0.3) is 11.0 Å². The molecule has 0 aliphatic heterocycles. The fourth-order valence-corrected chi connectivity index (χ4v) is 4.24. The summed E-state index contributed by atoms with van der Waals surface area (Å²) < 4.78 is 70.4. The minimum Gasteiger partial charge on any atom is -0.423 e. The van der Waals surface area contributed by atoms with Crippen molar-refractivity contribution in [2.75, 3.05) is 10.0 Å². The van der Waals surface area contributed by atoms with Crippen molar-refractivity contribution >= 4 is 43.7 Å². The monoisotopic (exact) mass is 505 g/mol. The van der Waals surface area contributed by atoms with Crippen LogP contribution in [0.4, 0.5) is 35.9 Å². The number of sulfonamides is 1. The maximum absolute atomic E-state index is 12.7. The van der Waals surface area contributed by atoms with E-state index in [-0.39, 0.29) is 32.9 Å². The van der Waals surface area contributed by atoms with Gasteiger partial charge in [-0.2, -0.15) is 13.2 Å². The Labute approximate surface area is 195 Å². The van der Waals surface area contributed by atoms with Gasteiger partial charge in [-0.3, -0.25) is 14.8 Å². The van der Waals surface area contributed by atoms with E-state index in [0.717, 1.165) is 18.2 Å². The zero-order chi connectivity index (χ0) is 25.4. The lowest BCUT2D eigenvalue weighted by molar-refractivity contribution is -0.384. The van der Waals surface area contributed by atoms with Crippen molar-refractivity contribution in [1.82, 2.24) is 0 Å². The molecule has 1 aromatic heterocycles. The van der Waals surface area contributed by atoms with Gasteiger partial charge >= 0.3 is 11.8 Å². The van der Waals surface area contributed by atoms with Gasteiger partial charge in [0.25, 0.3) is 15.7 Å². The Morgan fingerprint density at radius 3 is 2.11 bits per heavy atom. The molecule has 4 aromatic rings. The summed E-state index contributed by atoms with van der Waals surface area (Å²) in [4.78, 5) is 22.0. The third kappa shape index (κ3) is 5.24. The van der Waals surface area contributed by atoms with Crippen molar-refractivity contribution in [2.24, 2.45) is 0 Å². The number of non-ortho nitro benzene ring substituents is 1. The van der Waals surface area contributed by atoms with E-state index in [1.165, 1.54) is 42.5 Å². The lowest BCUT2D eigenvalue weighted by Crippen LogP contribution is -2.13. The van der Waals surface area contributed by atoms with Crippen LogP contribution in [0.1, 0.15) is 5.56 Å². The summed E-state index contributed by atoms with van der Waals surface area (Å²) in [5.74, 6) is 0. The van der Waals surface area contributed by atoms with E-state index in [9.17, 15) is 36.5 Å². The number of fused-ring (bicyclic) bond motifs is 1. The van der Waals surface area contributed by atoms with Crippen LogP contribution in [0, 0.1) is 10.1 Å². The molecular weight excluding hydrogens is 491 g/mol. The van der Waals surface area contributed by atoms with E-state index < -0.39 is 32.3 Å². The van der Waals surface area contributed by atoms with Crippen LogP contribution in [-0.4, -0.2) is 13.3 Å². The van der Waals surface area contributed by atoms with Gasteiger partial charge in [0, 0.05) is 35.0 Å². The molecule has 0 amide bonds. The first-order chi connectivity index (χ1) is 16.4. The topological polar surface area (TPSA) is 132 Å². The van der Waals surface area contributed by atoms with E-state index >= 15 is 0 Å². The van der Waals surface area contributed by atoms with E-state index in [0.29, 0.717) is 17.8 Å². The Morgan fingerprint density at radius 1 is 0.886 bits per heavy atom. The van der Waals surface area contributed by atoms with Gasteiger partial charge in [0.15, 0.2) is 0 Å². The summed E-state index contributed by atoms with van der Waals surface area (Å²) in [5, 5.41) is 14.3. The largest absolute Gasteiger partial charge is 0.423 e. The van der Waals surface area contributed by atoms with Crippen LogP contribution in [-0.2, 0) is 16.2 Å². The molecule has 0 spiro atoms. The number of alkyl halides is 3. The zero-order valence-electron chi connectivity index (χ0n) is 17.4. The first-order valence-corrected chi connectivity index (χ1v) is 11.2. The highest BCUT2D eigenvalue weighted by molar-refractivity contribution is 7.92. The standard InChI is InChI=1S/C22H14F3N3O6S/c23-22(24,25)13-1-8-17(9-2-13)35(32,33)27-15-5-3-14(4-6-15)26-19-12-21(29)34-20-10-7-16(28(30)31)11-18(19)20/h1-12,26-27H. The Balaban J connectivity index is 1.56. The molecule has 0 saturated carbocycles. The molecule has 180 valence electrons. The highest BCUT2D eigenvalue weighted by atomic mass is 32.2. The van der Waals surface area contributed by atoms with Crippen molar-refractivity contribution in [3.05, 3.63) is 98.9 Å². The summed E-state index contributed by atoms with van der Waals surface area (Å²) in [6.07, 6.45) is -4.59. The number of halogens is 3. The summed E-state index contributed by atoms with van der Waals surface area (Å²) >= 11 is 0. The van der Waals surface area contributed by atoms with Gasteiger partial charge in [0.2, 0.25) is 0 Å². The molecule has 0 saturated heterocycles. The van der Waals surface area contributed by atoms with Gasteiger partial charge in [-0.1, -0.05) is 0 Å². The smallest absolute Gasteiger partial charge is 0.416 e. The van der Waals surface area contributed by atoms with Crippen LogP contribution in [0.5, 0.6) is 0 Å². The maximum Gasteiger partial charge on any atom is 0.416 e. The molecule has 0 fully saturated rings. The lowest BCUT2D eigenvalue weighted by Gasteiger charge is -2.12. The first kappa shape index (κ1) is 23.8.